The maximum Gasteiger partial charge on any atom is 0.241 e. The Morgan fingerprint density at radius 3 is 2.76 bits per heavy atom. The molecule has 1 aliphatic heterocycles. The summed E-state index contributed by atoms with van der Waals surface area (Å²) in [4.78, 5) is 19.5. The standard InChI is InChI=1S/C23H26N4O2/c1-16-9-11-18(12-10-16)22-25-21(29-26-22)15-27-13-5-7-19(14-27)23(28)24-20-8-4-3-6-17(20)2/h3-4,6,8-12,19H,5,7,13-15H2,1-2H3,(H,24,28). The predicted molar refractivity (Wildman–Crippen MR) is 112 cm³/mol. The lowest BCUT2D eigenvalue weighted by Gasteiger charge is -2.31. The normalized spacial score (nSPS) is 17.2. The molecule has 1 atom stereocenters. The molecule has 1 unspecified atom stereocenters. The number of anilines is 1. The zero-order valence-corrected chi connectivity index (χ0v) is 16.9. The third-order valence-electron chi connectivity index (χ3n) is 5.42. The molecule has 0 saturated carbocycles. The molecule has 0 bridgehead atoms. The molecule has 0 aliphatic carbocycles. The van der Waals surface area contributed by atoms with Crippen molar-refractivity contribution in [2.75, 3.05) is 18.4 Å². The predicted octanol–water partition coefficient (Wildman–Crippen LogP) is 4.20. The van der Waals surface area contributed by atoms with Gasteiger partial charge in [-0.1, -0.05) is 53.2 Å². The molecular weight excluding hydrogens is 364 g/mol. The van der Waals surface area contributed by atoms with Crippen LogP contribution in [0.5, 0.6) is 0 Å². The van der Waals surface area contributed by atoms with Gasteiger partial charge in [0.2, 0.25) is 17.6 Å². The van der Waals surface area contributed by atoms with Crippen LogP contribution in [0.15, 0.2) is 53.1 Å². The number of hydrogen-bond donors (Lipinski definition) is 1. The van der Waals surface area contributed by atoms with E-state index in [0.29, 0.717) is 24.8 Å². The van der Waals surface area contributed by atoms with Gasteiger partial charge in [-0.3, -0.25) is 9.69 Å². The number of nitrogens with one attached hydrogen (secondary N) is 1. The molecule has 150 valence electrons. The Balaban J connectivity index is 1.37. The second kappa shape index (κ2) is 8.57. The van der Waals surface area contributed by atoms with Crippen molar-refractivity contribution in [3.63, 3.8) is 0 Å². The van der Waals surface area contributed by atoms with E-state index in [1.54, 1.807) is 0 Å². The Hall–Kier alpha value is -2.99. The maximum atomic E-state index is 12.7. The van der Waals surface area contributed by atoms with Crippen molar-refractivity contribution >= 4 is 11.6 Å². The summed E-state index contributed by atoms with van der Waals surface area (Å²) in [7, 11) is 0. The van der Waals surface area contributed by atoms with Crippen LogP contribution in [0, 0.1) is 19.8 Å². The fourth-order valence-corrected chi connectivity index (χ4v) is 3.69. The van der Waals surface area contributed by atoms with Gasteiger partial charge in [0.05, 0.1) is 12.5 Å². The maximum absolute atomic E-state index is 12.7. The molecule has 1 fully saturated rings. The van der Waals surface area contributed by atoms with E-state index in [2.05, 4.69) is 20.4 Å². The number of rotatable bonds is 5. The molecule has 1 aliphatic rings. The summed E-state index contributed by atoms with van der Waals surface area (Å²) >= 11 is 0. The highest BCUT2D eigenvalue weighted by Gasteiger charge is 2.27. The van der Waals surface area contributed by atoms with Crippen molar-refractivity contribution < 1.29 is 9.32 Å². The molecule has 0 radical (unpaired) electrons. The molecule has 0 spiro atoms. The summed E-state index contributed by atoms with van der Waals surface area (Å²) in [6.45, 7) is 6.24. The number of benzene rings is 2. The van der Waals surface area contributed by atoms with E-state index in [4.69, 9.17) is 4.52 Å². The van der Waals surface area contributed by atoms with Crippen LogP contribution in [0.2, 0.25) is 0 Å². The zero-order valence-electron chi connectivity index (χ0n) is 16.9. The molecule has 1 saturated heterocycles. The number of para-hydroxylation sites is 1. The fraction of sp³-hybridized carbons (Fsp3) is 0.348. The van der Waals surface area contributed by atoms with Crippen molar-refractivity contribution in [2.45, 2.75) is 33.2 Å². The fourth-order valence-electron chi connectivity index (χ4n) is 3.69. The minimum Gasteiger partial charge on any atom is -0.338 e. The van der Waals surface area contributed by atoms with E-state index in [1.807, 2.05) is 62.4 Å². The van der Waals surface area contributed by atoms with Gasteiger partial charge in [0.25, 0.3) is 0 Å². The minimum absolute atomic E-state index is 0.0390. The Morgan fingerprint density at radius 1 is 1.17 bits per heavy atom. The number of hydrogen-bond acceptors (Lipinski definition) is 5. The van der Waals surface area contributed by atoms with Gasteiger partial charge < -0.3 is 9.84 Å². The zero-order chi connectivity index (χ0) is 20.2. The van der Waals surface area contributed by atoms with Crippen molar-refractivity contribution in [3.8, 4) is 11.4 Å². The number of amides is 1. The van der Waals surface area contributed by atoms with Gasteiger partial charge >= 0.3 is 0 Å². The molecule has 4 rings (SSSR count). The average Bonchev–Trinajstić information content (AvgIpc) is 3.19. The first-order valence-corrected chi connectivity index (χ1v) is 10.1. The van der Waals surface area contributed by atoms with Crippen molar-refractivity contribution in [1.29, 1.82) is 0 Å². The number of carbonyl (C=O) groups is 1. The lowest BCUT2D eigenvalue weighted by molar-refractivity contribution is -0.121. The Labute approximate surface area is 170 Å². The highest BCUT2D eigenvalue weighted by Crippen LogP contribution is 2.22. The van der Waals surface area contributed by atoms with E-state index >= 15 is 0 Å². The second-order valence-corrected chi connectivity index (χ2v) is 7.76. The SMILES string of the molecule is Cc1ccc(-c2noc(CN3CCCC(C(=O)Nc4ccccc4C)C3)n2)cc1. The Morgan fingerprint density at radius 2 is 1.97 bits per heavy atom. The topological polar surface area (TPSA) is 71.3 Å². The summed E-state index contributed by atoms with van der Waals surface area (Å²) in [6.07, 6.45) is 1.87. The highest BCUT2D eigenvalue weighted by atomic mass is 16.5. The number of aryl methyl sites for hydroxylation is 2. The molecule has 2 aromatic carbocycles. The lowest BCUT2D eigenvalue weighted by atomic mass is 9.97. The minimum atomic E-state index is -0.0390. The Kier molecular flexibility index (Phi) is 5.71. The number of piperidine rings is 1. The molecule has 1 aromatic heterocycles. The first kappa shape index (κ1) is 19.3. The van der Waals surface area contributed by atoms with Gasteiger partial charge in [0, 0.05) is 17.8 Å². The largest absolute Gasteiger partial charge is 0.338 e. The summed E-state index contributed by atoms with van der Waals surface area (Å²) in [5.41, 5.74) is 4.10. The highest BCUT2D eigenvalue weighted by molar-refractivity contribution is 5.93. The molecule has 29 heavy (non-hydrogen) atoms. The molecule has 6 heteroatoms. The molecule has 1 N–H and O–H groups in total. The van der Waals surface area contributed by atoms with Crippen LogP contribution in [-0.2, 0) is 11.3 Å². The van der Waals surface area contributed by atoms with E-state index in [1.165, 1.54) is 5.56 Å². The first-order chi connectivity index (χ1) is 14.1. The third kappa shape index (κ3) is 4.71. The number of aromatic nitrogens is 2. The van der Waals surface area contributed by atoms with Crippen LogP contribution >= 0.6 is 0 Å². The quantitative estimate of drug-likeness (QED) is 0.707. The Bertz CT molecular complexity index is 981. The van der Waals surface area contributed by atoms with Crippen LogP contribution in [0.3, 0.4) is 0 Å². The number of nitrogens with zero attached hydrogens (tertiary/aromatic N) is 3. The number of likely N-dealkylation sites (tertiary alicyclic amines) is 1. The van der Waals surface area contributed by atoms with Gasteiger partial charge in [0.15, 0.2) is 0 Å². The first-order valence-electron chi connectivity index (χ1n) is 10.1. The van der Waals surface area contributed by atoms with Gasteiger partial charge in [-0.25, -0.2) is 0 Å². The summed E-state index contributed by atoms with van der Waals surface area (Å²) in [5.74, 6) is 1.23. The van der Waals surface area contributed by atoms with Crippen LogP contribution in [0.4, 0.5) is 5.69 Å². The van der Waals surface area contributed by atoms with Crippen LogP contribution in [0.25, 0.3) is 11.4 Å². The van der Waals surface area contributed by atoms with E-state index in [9.17, 15) is 4.79 Å². The summed E-state index contributed by atoms with van der Waals surface area (Å²) in [6, 6.07) is 15.9. The lowest BCUT2D eigenvalue weighted by Crippen LogP contribution is -2.40. The van der Waals surface area contributed by atoms with Crippen molar-refractivity contribution in [1.82, 2.24) is 15.0 Å². The van der Waals surface area contributed by atoms with Crippen molar-refractivity contribution in [3.05, 3.63) is 65.5 Å². The average molecular weight is 390 g/mol. The molecule has 6 nitrogen and oxygen atoms in total. The van der Waals surface area contributed by atoms with E-state index < -0.39 is 0 Å². The summed E-state index contributed by atoms with van der Waals surface area (Å²) in [5, 5.41) is 7.19. The third-order valence-corrected chi connectivity index (χ3v) is 5.42. The van der Waals surface area contributed by atoms with Gasteiger partial charge in [-0.2, -0.15) is 4.98 Å². The van der Waals surface area contributed by atoms with Gasteiger partial charge in [0.1, 0.15) is 0 Å². The monoisotopic (exact) mass is 390 g/mol. The molecular formula is C23H26N4O2. The molecule has 3 aromatic rings. The molecule has 1 amide bonds. The second-order valence-electron chi connectivity index (χ2n) is 7.76. The smallest absolute Gasteiger partial charge is 0.241 e. The van der Waals surface area contributed by atoms with Crippen molar-refractivity contribution in [2.24, 2.45) is 5.92 Å². The van der Waals surface area contributed by atoms with Crippen LogP contribution in [-0.4, -0.2) is 34.0 Å². The summed E-state index contributed by atoms with van der Waals surface area (Å²) < 4.78 is 5.46. The van der Waals surface area contributed by atoms with Gasteiger partial charge in [-0.05, 0) is 44.9 Å². The molecule has 2 heterocycles. The van der Waals surface area contributed by atoms with E-state index in [-0.39, 0.29) is 11.8 Å². The van der Waals surface area contributed by atoms with Gasteiger partial charge in [-0.15, -0.1) is 0 Å². The number of carbonyl (C=O) groups excluding carboxylic acids is 1. The van der Waals surface area contributed by atoms with Crippen LogP contribution in [0.1, 0.15) is 29.9 Å². The van der Waals surface area contributed by atoms with E-state index in [0.717, 1.165) is 36.2 Å². The van der Waals surface area contributed by atoms with Crippen LogP contribution < -0.4 is 5.32 Å².